The number of hydrogen-bond acceptors (Lipinski definition) is 3. The Kier molecular flexibility index (Phi) is 4.31. The Bertz CT molecular complexity index is 578. The number of rotatable bonds is 3. The van der Waals surface area contributed by atoms with Gasteiger partial charge in [-0.1, -0.05) is 15.9 Å². The third-order valence-electron chi connectivity index (χ3n) is 2.21. The van der Waals surface area contributed by atoms with E-state index in [1.807, 2.05) is 12.1 Å². The van der Waals surface area contributed by atoms with Crippen LogP contribution in [0.15, 0.2) is 39.4 Å². The van der Waals surface area contributed by atoms with Crippen molar-refractivity contribution in [3.63, 3.8) is 0 Å². The summed E-state index contributed by atoms with van der Waals surface area (Å²) in [4.78, 5) is 3.90. The fourth-order valence-electron chi connectivity index (χ4n) is 1.37. The Hall–Kier alpha value is -0.980. The highest BCUT2D eigenvalue weighted by molar-refractivity contribution is 9.11. The van der Waals surface area contributed by atoms with E-state index in [1.54, 1.807) is 6.07 Å². The van der Waals surface area contributed by atoms with Crippen molar-refractivity contribution < 1.29 is 9.13 Å². The molecule has 1 aromatic carbocycles. The minimum Gasteiger partial charge on any atom is -0.438 e. The molecule has 0 bridgehead atoms. The van der Waals surface area contributed by atoms with Gasteiger partial charge in [0.2, 0.25) is 5.88 Å². The molecular formula is C12H9Br2FN2O. The van der Waals surface area contributed by atoms with E-state index >= 15 is 0 Å². The normalized spacial score (nSPS) is 10.4. The zero-order valence-corrected chi connectivity index (χ0v) is 12.3. The Balaban J connectivity index is 2.33. The quantitative estimate of drug-likeness (QED) is 0.882. The van der Waals surface area contributed by atoms with Gasteiger partial charge in [0.1, 0.15) is 11.6 Å². The zero-order valence-electron chi connectivity index (χ0n) is 9.16. The second-order valence-electron chi connectivity index (χ2n) is 3.50. The van der Waals surface area contributed by atoms with Crippen LogP contribution in [0.2, 0.25) is 0 Å². The predicted octanol–water partition coefficient (Wildman–Crippen LogP) is 4.00. The van der Waals surface area contributed by atoms with Gasteiger partial charge in [0.25, 0.3) is 0 Å². The van der Waals surface area contributed by atoms with Crippen LogP contribution in [0.1, 0.15) is 5.56 Å². The Morgan fingerprint density at radius 1 is 1.28 bits per heavy atom. The van der Waals surface area contributed by atoms with Crippen LogP contribution in [0.4, 0.5) is 4.39 Å². The molecule has 18 heavy (non-hydrogen) atoms. The van der Waals surface area contributed by atoms with E-state index in [1.165, 1.54) is 6.07 Å². The lowest BCUT2D eigenvalue weighted by Crippen LogP contribution is -2.02. The maximum absolute atomic E-state index is 13.0. The molecule has 0 aliphatic rings. The summed E-state index contributed by atoms with van der Waals surface area (Å²) in [7, 11) is 0. The second-order valence-corrected chi connectivity index (χ2v) is 5.27. The highest BCUT2D eigenvalue weighted by Crippen LogP contribution is 2.32. The zero-order chi connectivity index (χ0) is 13.1. The summed E-state index contributed by atoms with van der Waals surface area (Å²) in [6, 6.07) is 6.78. The van der Waals surface area contributed by atoms with E-state index in [-0.39, 0.29) is 6.54 Å². The van der Waals surface area contributed by atoms with Gasteiger partial charge in [-0.15, -0.1) is 0 Å². The summed E-state index contributed by atoms with van der Waals surface area (Å²) in [6.45, 7) is 0.161. The topological polar surface area (TPSA) is 48.1 Å². The van der Waals surface area contributed by atoms with Gasteiger partial charge in [-0.2, -0.15) is 0 Å². The maximum atomic E-state index is 13.0. The largest absolute Gasteiger partial charge is 0.438 e. The van der Waals surface area contributed by atoms with Gasteiger partial charge >= 0.3 is 0 Å². The van der Waals surface area contributed by atoms with Crippen molar-refractivity contribution in [3.8, 4) is 11.6 Å². The molecule has 0 atom stereocenters. The van der Waals surface area contributed by atoms with Crippen LogP contribution in [0, 0.1) is 5.82 Å². The van der Waals surface area contributed by atoms with Gasteiger partial charge in [0.05, 0.1) is 10.7 Å². The molecule has 6 heteroatoms. The van der Waals surface area contributed by atoms with E-state index in [0.717, 1.165) is 15.1 Å². The van der Waals surface area contributed by atoms with Crippen molar-refractivity contribution >= 4 is 31.9 Å². The van der Waals surface area contributed by atoms with E-state index in [0.29, 0.717) is 17.2 Å². The van der Waals surface area contributed by atoms with Gasteiger partial charge in [0, 0.05) is 16.6 Å². The number of aromatic nitrogens is 1. The number of pyridine rings is 1. The number of benzene rings is 1. The average Bonchev–Trinajstić information content (AvgIpc) is 2.34. The van der Waals surface area contributed by atoms with Crippen LogP contribution in [-0.4, -0.2) is 4.98 Å². The Labute approximate surface area is 120 Å². The van der Waals surface area contributed by atoms with Gasteiger partial charge in [-0.05, 0) is 40.2 Å². The molecule has 0 amide bonds. The molecule has 0 unspecified atom stereocenters. The minimum absolute atomic E-state index is 0.161. The van der Waals surface area contributed by atoms with Crippen molar-refractivity contribution in [2.24, 2.45) is 5.73 Å². The molecule has 1 heterocycles. The summed E-state index contributed by atoms with van der Waals surface area (Å²) in [5.41, 5.74) is 6.05. The summed E-state index contributed by atoms with van der Waals surface area (Å²) < 4.78 is 20.3. The molecule has 0 aliphatic heterocycles. The third-order valence-corrected chi connectivity index (χ3v) is 3.33. The predicted molar refractivity (Wildman–Crippen MR) is 74.0 cm³/mol. The van der Waals surface area contributed by atoms with Crippen molar-refractivity contribution in [1.29, 1.82) is 0 Å². The first kappa shape index (κ1) is 13.5. The highest BCUT2D eigenvalue weighted by Gasteiger charge is 2.09. The second kappa shape index (κ2) is 5.77. The fourth-order valence-corrected chi connectivity index (χ4v) is 2.50. The third kappa shape index (κ3) is 3.07. The molecule has 1 aromatic heterocycles. The van der Waals surface area contributed by atoms with Crippen molar-refractivity contribution in [2.45, 2.75) is 6.54 Å². The standard InChI is InChI=1S/C12H9Br2FN2O/c13-8-1-2-11(10(14)4-8)18-12-7(5-16)3-9(15)6-17-12/h1-4,6H,5,16H2. The first-order chi connectivity index (χ1) is 8.60. The summed E-state index contributed by atoms with van der Waals surface area (Å²) in [6.07, 6.45) is 1.10. The van der Waals surface area contributed by atoms with E-state index < -0.39 is 5.82 Å². The maximum Gasteiger partial charge on any atom is 0.223 e. The number of hydrogen-bond donors (Lipinski definition) is 1. The summed E-state index contributed by atoms with van der Waals surface area (Å²) in [5, 5.41) is 0. The molecule has 0 radical (unpaired) electrons. The minimum atomic E-state index is -0.433. The first-order valence-electron chi connectivity index (χ1n) is 5.07. The average molecular weight is 376 g/mol. The SMILES string of the molecule is NCc1cc(F)cnc1Oc1ccc(Br)cc1Br. The van der Waals surface area contributed by atoms with Crippen LogP contribution in [0.3, 0.4) is 0 Å². The van der Waals surface area contributed by atoms with E-state index in [9.17, 15) is 4.39 Å². The molecule has 0 saturated carbocycles. The summed E-state index contributed by atoms with van der Waals surface area (Å²) >= 11 is 6.73. The van der Waals surface area contributed by atoms with Crippen LogP contribution in [-0.2, 0) is 6.54 Å². The Morgan fingerprint density at radius 2 is 2.06 bits per heavy atom. The van der Waals surface area contributed by atoms with Gasteiger partial charge < -0.3 is 10.5 Å². The number of ether oxygens (including phenoxy) is 1. The lowest BCUT2D eigenvalue weighted by atomic mass is 10.2. The van der Waals surface area contributed by atoms with Gasteiger partial charge in [-0.3, -0.25) is 0 Å². The molecule has 0 saturated heterocycles. The lowest BCUT2D eigenvalue weighted by molar-refractivity contribution is 0.449. The molecule has 3 nitrogen and oxygen atoms in total. The molecule has 2 N–H and O–H groups in total. The molecule has 2 rings (SSSR count). The van der Waals surface area contributed by atoms with E-state index in [4.69, 9.17) is 10.5 Å². The van der Waals surface area contributed by atoms with Gasteiger partial charge in [-0.25, -0.2) is 9.37 Å². The Morgan fingerprint density at radius 3 is 2.72 bits per heavy atom. The molecular weight excluding hydrogens is 367 g/mol. The van der Waals surface area contributed by atoms with Crippen molar-refractivity contribution in [3.05, 3.63) is 50.8 Å². The monoisotopic (exact) mass is 374 g/mol. The highest BCUT2D eigenvalue weighted by atomic mass is 79.9. The van der Waals surface area contributed by atoms with Crippen molar-refractivity contribution in [2.75, 3.05) is 0 Å². The first-order valence-corrected chi connectivity index (χ1v) is 6.66. The molecule has 94 valence electrons. The number of nitrogens with two attached hydrogens (primary N) is 1. The number of nitrogens with zero attached hydrogens (tertiary/aromatic N) is 1. The van der Waals surface area contributed by atoms with Crippen LogP contribution in [0.5, 0.6) is 11.6 Å². The molecule has 2 aromatic rings. The van der Waals surface area contributed by atoms with Crippen LogP contribution < -0.4 is 10.5 Å². The molecule has 0 aliphatic carbocycles. The molecule has 0 spiro atoms. The number of halogens is 3. The van der Waals surface area contributed by atoms with E-state index in [2.05, 4.69) is 36.8 Å². The lowest BCUT2D eigenvalue weighted by Gasteiger charge is -2.10. The van der Waals surface area contributed by atoms with Crippen molar-refractivity contribution in [1.82, 2.24) is 4.98 Å². The van der Waals surface area contributed by atoms with Crippen LogP contribution >= 0.6 is 31.9 Å². The van der Waals surface area contributed by atoms with Crippen LogP contribution in [0.25, 0.3) is 0 Å². The molecule has 0 fully saturated rings. The van der Waals surface area contributed by atoms with Gasteiger partial charge in [0.15, 0.2) is 0 Å². The summed E-state index contributed by atoms with van der Waals surface area (Å²) in [5.74, 6) is 0.464. The smallest absolute Gasteiger partial charge is 0.223 e. The fraction of sp³-hybridized carbons (Fsp3) is 0.0833.